The van der Waals surface area contributed by atoms with E-state index in [1.54, 1.807) is 0 Å². The third-order valence-electron chi connectivity index (χ3n) is 2.05. The number of hydrogen-bond donors (Lipinski definition) is 2. The van der Waals surface area contributed by atoms with Crippen molar-refractivity contribution < 1.29 is 4.79 Å². The first-order valence-electron chi connectivity index (χ1n) is 5.19. The average Bonchev–Trinajstić information content (AvgIpc) is 2.04. The SMILES string of the molecule is CCCCCC(=O)CCCC(N)N. The molecule has 0 aliphatic rings. The van der Waals surface area contributed by atoms with E-state index in [0.29, 0.717) is 12.2 Å². The largest absolute Gasteiger partial charge is 0.316 e. The molecule has 3 heteroatoms. The molecule has 0 unspecified atom stereocenters. The lowest BCUT2D eigenvalue weighted by Crippen LogP contribution is -2.30. The quantitative estimate of drug-likeness (QED) is 0.446. The Bertz CT molecular complexity index is 135. The van der Waals surface area contributed by atoms with Crippen LogP contribution in [0.25, 0.3) is 0 Å². The maximum absolute atomic E-state index is 11.2. The molecule has 0 saturated heterocycles. The first kappa shape index (κ1) is 12.6. The molecule has 0 rings (SSSR count). The van der Waals surface area contributed by atoms with Crippen molar-refractivity contribution in [2.45, 2.75) is 58.0 Å². The monoisotopic (exact) mass is 186 g/mol. The van der Waals surface area contributed by atoms with Crippen LogP contribution in [0.1, 0.15) is 51.9 Å². The van der Waals surface area contributed by atoms with E-state index < -0.39 is 0 Å². The average molecular weight is 186 g/mol. The Morgan fingerprint density at radius 3 is 2.31 bits per heavy atom. The topological polar surface area (TPSA) is 69.1 Å². The Kier molecular flexibility index (Phi) is 7.94. The van der Waals surface area contributed by atoms with Crippen LogP contribution < -0.4 is 11.5 Å². The van der Waals surface area contributed by atoms with Crippen molar-refractivity contribution in [2.75, 3.05) is 0 Å². The molecule has 0 saturated carbocycles. The van der Waals surface area contributed by atoms with Gasteiger partial charge in [0, 0.05) is 12.8 Å². The normalized spacial score (nSPS) is 10.8. The maximum Gasteiger partial charge on any atom is 0.132 e. The van der Waals surface area contributed by atoms with Crippen LogP contribution in [-0.4, -0.2) is 11.9 Å². The van der Waals surface area contributed by atoms with Crippen molar-refractivity contribution in [2.24, 2.45) is 11.5 Å². The second kappa shape index (κ2) is 8.20. The fourth-order valence-corrected chi connectivity index (χ4v) is 1.23. The smallest absolute Gasteiger partial charge is 0.132 e. The van der Waals surface area contributed by atoms with Gasteiger partial charge in [0.25, 0.3) is 0 Å². The van der Waals surface area contributed by atoms with Crippen LogP contribution >= 0.6 is 0 Å². The van der Waals surface area contributed by atoms with Crippen molar-refractivity contribution in [1.82, 2.24) is 0 Å². The fraction of sp³-hybridized carbons (Fsp3) is 0.900. The van der Waals surface area contributed by atoms with Crippen LogP contribution in [0.4, 0.5) is 0 Å². The zero-order valence-corrected chi connectivity index (χ0v) is 8.59. The minimum Gasteiger partial charge on any atom is -0.316 e. The number of ketones is 1. The number of hydrogen-bond acceptors (Lipinski definition) is 3. The van der Waals surface area contributed by atoms with E-state index in [2.05, 4.69) is 6.92 Å². The Balaban J connectivity index is 3.20. The summed E-state index contributed by atoms with van der Waals surface area (Å²) in [5.74, 6) is 0.356. The van der Waals surface area contributed by atoms with Gasteiger partial charge in [0.2, 0.25) is 0 Å². The molecule has 4 N–H and O–H groups in total. The molecule has 0 radical (unpaired) electrons. The number of unbranched alkanes of at least 4 members (excludes halogenated alkanes) is 2. The predicted molar refractivity (Wildman–Crippen MR) is 55.2 cm³/mol. The number of carbonyl (C=O) groups is 1. The van der Waals surface area contributed by atoms with E-state index in [1.807, 2.05) is 0 Å². The van der Waals surface area contributed by atoms with Gasteiger partial charge >= 0.3 is 0 Å². The zero-order chi connectivity index (χ0) is 10.1. The summed E-state index contributed by atoms with van der Waals surface area (Å²) in [7, 11) is 0. The molecular weight excluding hydrogens is 164 g/mol. The summed E-state index contributed by atoms with van der Waals surface area (Å²) < 4.78 is 0. The summed E-state index contributed by atoms with van der Waals surface area (Å²) in [4.78, 5) is 11.2. The van der Waals surface area contributed by atoms with Gasteiger partial charge < -0.3 is 11.5 Å². The van der Waals surface area contributed by atoms with E-state index in [4.69, 9.17) is 11.5 Å². The van der Waals surface area contributed by atoms with E-state index >= 15 is 0 Å². The number of Topliss-reactive ketones (excluding diaryl/α,β-unsaturated/α-hetero) is 1. The molecule has 0 atom stereocenters. The van der Waals surface area contributed by atoms with E-state index in [9.17, 15) is 4.79 Å². The molecule has 0 bridgehead atoms. The van der Waals surface area contributed by atoms with Gasteiger partial charge in [-0.3, -0.25) is 4.79 Å². The molecule has 0 heterocycles. The third-order valence-corrected chi connectivity index (χ3v) is 2.05. The maximum atomic E-state index is 11.2. The summed E-state index contributed by atoms with van der Waals surface area (Å²) >= 11 is 0. The van der Waals surface area contributed by atoms with Crippen LogP contribution in [0, 0.1) is 0 Å². The van der Waals surface area contributed by atoms with Gasteiger partial charge in [0.1, 0.15) is 5.78 Å². The lowest BCUT2D eigenvalue weighted by atomic mass is 10.1. The van der Waals surface area contributed by atoms with Gasteiger partial charge in [0.05, 0.1) is 6.17 Å². The number of rotatable bonds is 8. The molecule has 0 amide bonds. The summed E-state index contributed by atoms with van der Waals surface area (Å²) in [5.41, 5.74) is 10.7. The number of nitrogens with two attached hydrogens (primary N) is 2. The van der Waals surface area contributed by atoms with Crippen LogP contribution in [-0.2, 0) is 4.79 Å². The first-order chi connectivity index (χ1) is 6.16. The third kappa shape index (κ3) is 9.50. The fourth-order valence-electron chi connectivity index (χ4n) is 1.23. The van der Waals surface area contributed by atoms with Crippen LogP contribution in [0.3, 0.4) is 0 Å². The summed E-state index contributed by atoms with van der Waals surface area (Å²) in [6.07, 6.45) is 6.06. The van der Waals surface area contributed by atoms with Gasteiger partial charge in [0.15, 0.2) is 0 Å². The first-order valence-corrected chi connectivity index (χ1v) is 5.19. The van der Waals surface area contributed by atoms with Gasteiger partial charge in [-0.15, -0.1) is 0 Å². The van der Waals surface area contributed by atoms with E-state index in [-0.39, 0.29) is 6.17 Å². The summed E-state index contributed by atoms with van der Waals surface area (Å²) in [6.45, 7) is 2.14. The summed E-state index contributed by atoms with van der Waals surface area (Å²) in [5, 5.41) is 0. The van der Waals surface area contributed by atoms with Crippen LogP contribution in [0.2, 0.25) is 0 Å². The number of carbonyl (C=O) groups excluding carboxylic acids is 1. The molecule has 0 spiro atoms. The molecule has 0 aromatic heterocycles. The molecule has 0 aromatic carbocycles. The van der Waals surface area contributed by atoms with Crippen molar-refractivity contribution in [1.29, 1.82) is 0 Å². The Morgan fingerprint density at radius 2 is 1.77 bits per heavy atom. The van der Waals surface area contributed by atoms with Crippen molar-refractivity contribution in [3.8, 4) is 0 Å². The minimum absolute atomic E-state index is 0.261. The summed E-state index contributed by atoms with van der Waals surface area (Å²) in [6, 6.07) is 0. The Labute approximate surface area is 80.9 Å². The zero-order valence-electron chi connectivity index (χ0n) is 8.59. The highest BCUT2D eigenvalue weighted by Crippen LogP contribution is 2.05. The van der Waals surface area contributed by atoms with E-state index in [1.165, 1.54) is 6.42 Å². The molecule has 78 valence electrons. The molecule has 13 heavy (non-hydrogen) atoms. The second-order valence-electron chi connectivity index (χ2n) is 3.55. The minimum atomic E-state index is -0.261. The molecule has 0 aliphatic carbocycles. The van der Waals surface area contributed by atoms with Crippen molar-refractivity contribution in [3.05, 3.63) is 0 Å². The molecule has 3 nitrogen and oxygen atoms in total. The predicted octanol–water partition coefficient (Wildman–Crippen LogP) is 1.55. The van der Waals surface area contributed by atoms with Gasteiger partial charge in [-0.2, -0.15) is 0 Å². The van der Waals surface area contributed by atoms with Crippen molar-refractivity contribution in [3.63, 3.8) is 0 Å². The standard InChI is InChI=1S/C10H22N2O/c1-2-3-4-6-9(13)7-5-8-10(11)12/h10H,2-8,11-12H2,1H3. The lowest BCUT2D eigenvalue weighted by Gasteiger charge is -2.03. The lowest BCUT2D eigenvalue weighted by molar-refractivity contribution is -0.119. The molecule has 0 fully saturated rings. The van der Waals surface area contributed by atoms with Gasteiger partial charge in [-0.25, -0.2) is 0 Å². The molecular formula is C10H22N2O. The molecule has 0 aromatic rings. The van der Waals surface area contributed by atoms with Gasteiger partial charge in [-0.05, 0) is 19.3 Å². The molecule has 0 aliphatic heterocycles. The van der Waals surface area contributed by atoms with Crippen LogP contribution in [0.15, 0.2) is 0 Å². The Hall–Kier alpha value is -0.410. The highest BCUT2D eigenvalue weighted by atomic mass is 16.1. The van der Waals surface area contributed by atoms with Gasteiger partial charge in [-0.1, -0.05) is 19.8 Å². The highest BCUT2D eigenvalue weighted by molar-refractivity contribution is 5.78. The van der Waals surface area contributed by atoms with Crippen molar-refractivity contribution >= 4 is 5.78 Å². The van der Waals surface area contributed by atoms with Crippen LogP contribution in [0.5, 0.6) is 0 Å². The second-order valence-corrected chi connectivity index (χ2v) is 3.55. The Morgan fingerprint density at radius 1 is 1.15 bits per heavy atom. The van der Waals surface area contributed by atoms with E-state index in [0.717, 1.165) is 32.1 Å². The highest BCUT2D eigenvalue weighted by Gasteiger charge is 2.02.